The number of benzene rings is 1. The first-order chi connectivity index (χ1) is 17.9. The molecule has 10 heteroatoms. The smallest absolute Gasteiger partial charge is 0.233 e. The van der Waals surface area contributed by atoms with E-state index in [-0.39, 0.29) is 50.5 Å². The second-order valence-electron chi connectivity index (χ2n) is 10.0. The lowest BCUT2D eigenvalue weighted by Crippen LogP contribution is -2.54. The summed E-state index contributed by atoms with van der Waals surface area (Å²) < 4.78 is 10.6. The normalized spacial score (nSPS) is 31.3. The number of oxime groups is 1. The van der Waals surface area contributed by atoms with Gasteiger partial charge in [-0.25, -0.2) is 0 Å². The first-order valence-corrected chi connectivity index (χ1v) is 12.7. The molecule has 37 heavy (non-hydrogen) atoms. The Kier molecular flexibility index (Phi) is 7.71. The van der Waals surface area contributed by atoms with E-state index in [4.69, 9.17) is 14.0 Å². The first-order valence-electron chi connectivity index (χ1n) is 12.7. The van der Waals surface area contributed by atoms with E-state index < -0.39 is 36.1 Å². The average molecular weight is 513 g/mol. The fourth-order valence-corrected chi connectivity index (χ4v) is 5.91. The SMILES string of the molecule is O=C1[C@@H]2[C@H]3[C@H](O)[C@H](O)CC(=NOC[C@@H](O)COCc4ccco4)[C@@H]3CC[C@H]2C(=O)N1Cc1ccccc1. The molecule has 5 rings (SSSR count). The number of rotatable bonds is 9. The van der Waals surface area contributed by atoms with Crippen molar-refractivity contribution in [1.82, 2.24) is 4.90 Å². The minimum absolute atomic E-state index is 0.0244. The van der Waals surface area contributed by atoms with Crippen molar-refractivity contribution in [1.29, 1.82) is 0 Å². The third-order valence-corrected chi connectivity index (χ3v) is 7.64. The lowest BCUT2D eigenvalue weighted by Gasteiger charge is -2.45. The standard InChI is InChI=1S/C27H32N2O8/c30-17(13-35-15-18-7-4-10-36-18)14-37-28-21-11-22(31)25(32)23-19(21)8-9-20-24(23)27(34)29(26(20)33)12-16-5-2-1-3-6-16/h1-7,10,17,19-20,22-25,30-32H,8-9,11-15H2/t17-,19-,20+,22+,23-,24-,25+/m0/s1. The fraction of sp³-hybridized carbons (Fsp3) is 0.519. The topological polar surface area (TPSA) is 142 Å². The van der Waals surface area contributed by atoms with Crippen LogP contribution in [0.15, 0.2) is 58.3 Å². The number of ether oxygens (including phenoxy) is 1. The molecular formula is C27H32N2O8. The Balaban J connectivity index is 1.23. The number of nitrogens with zero attached hydrogens (tertiary/aromatic N) is 2. The van der Waals surface area contributed by atoms with E-state index in [0.717, 1.165) is 5.56 Å². The molecule has 10 nitrogen and oxygen atoms in total. The van der Waals surface area contributed by atoms with Gasteiger partial charge in [-0.1, -0.05) is 35.5 Å². The van der Waals surface area contributed by atoms with E-state index in [9.17, 15) is 24.9 Å². The summed E-state index contributed by atoms with van der Waals surface area (Å²) in [6, 6.07) is 12.8. The summed E-state index contributed by atoms with van der Waals surface area (Å²) in [6.45, 7) is 0.317. The van der Waals surface area contributed by atoms with Crippen molar-refractivity contribution >= 4 is 17.5 Å². The van der Waals surface area contributed by atoms with Crippen LogP contribution in [0.3, 0.4) is 0 Å². The van der Waals surface area contributed by atoms with Crippen molar-refractivity contribution < 1.29 is 38.9 Å². The number of imide groups is 1. The van der Waals surface area contributed by atoms with Gasteiger partial charge in [-0.15, -0.1) is 0 Å². The Morgan fingerprint density at radius 2 is 1.81 bits per heavy atom. The number of hydrogen-bond acceptors (Lipinski definition) is 9. The highest BCUT2D eigenvalue weighted by Crippen LogP contribution is 2.49. The maximum atomic E-state index is 13.4. The maximum Gasteiger partial charge on any atom is 0.233 e. The number of aliphatic hydroxyl groups excluding tert-OH is 3. The van der Waals surface area contributed by atoms with Crippen LogP contribution in [0, 0.1) is 23.7 Å². The summed E-state index contributed by atoms with van der Waals surface area (Å²) in [5.41, 5.74) is 1.39. The van der Waals surface area contributed by atoms with Gasteiger partial charge in [0.25, 0.3) is 0 Å². The monoisotopic (exact) mass is 512 g/mol. The Bertz CT molecular complexity index is 1100. The van der Waals surface area contributed by atoms with E-state index in [1.165, 1.54) is 4.90 Å². The van der Waals surface area contributed by atoms with Crippen LogP contribution in [0.4, 0.5) is 0 Å². The molecule has 3 fully saturated rings. The van der Waals surface area contributed by atoms with Crippen molar-refractivity contribution in [2.24, 2.45) is 28.8 Å². The summed E-state index contributed by atoms with van der Waals surface area (Å²) in [5.74, 6) is -2.07. The van der Waals surface area contributed by atoms with Gasteiger partial charge in [0.15, 0.2) is 0 Å². The van der Waals surface area contributed by atoms with Crippen molar-refractivity contribution in [3.8, 4) is 0 Å². The Labute approximate surface area is 214 Å². The zero-order chi connectivity index (χ0) is 25.9. The lowest BCUT2D eigenvalue weighted by molar-refractivity contribution is -0.142. The molecule has 2 heterocycles. The number of amides is 2. The highest BCUT2D eigenvalue weighted by atomic mass is 16.6. The highest BCUT2D eigenvalue weighted by molar-refractivity contribution is 6.06. The number of carbonyl (C=O) groups is 2. The van der Waals surface area contributed by atoms with Gasteiger partial charge in [-0.05, 0) is 30.5 Å². The van der Waals surface area contributed by atoms with Crippen molar-refractivity contribution in [3.05, 3.63) is 60.1 Å². The van der Waals surface area contributed by atoms with Gasteiger partial charge in [0, 0.05) is 18.3 Å². The van der Waals surface area contributed by atoms with Crippen LogP contribution in [0.1, 0.15) is 30.6 Å². The molecule has 2 saturated carbocycles. The molecule has 1 aromatic carbocycles. The minimum Gasteiger partial charge on any atom is -0.467 e. The van der Waals surface area contributed by atoms with Crippen LogP contribution >= 0.6 is 0 Å². The molecule has 1 saturated heterocycles. The third-order valence-electron chi connectivity index (χ3n) is 7.64. The summed E-state index contributed by atoms with van der Waals surface area (Å²) in [6.07, 6.45) is -0.523. The predicted molar refractivity (Wildman–Crippen MR) is 130 cm³/mol. The van der Waals surface area contributed by atoms with Gasteiger partial charge in [-0.2, -0.15) is 0 Å². The number of carbonyl (C=O) groups excluding carboxylic acids is 2. The molecule has 7 atom stereocenters. The number of likely N-dealkylation sites (tertiary alicyclic amines) is 1. The van der Waals surface area contributed by atoms with Crippen LogP contribution in [-0.4, -0.2) is 69.3 Å². The molecule has 3 N–H and O–H groups in total. The van der Waals surface area contributed by atoms with Gasteiger partial charge in [-0.3, -0.25) is 14.5 Å². The molecule has 2 aliphatic carbocycles. The highest BCUT2D eigenvalue weighted by Gasteiger charge is 2.59. The minimum atomic E-state index is -1.15. The van der Waals surface area contributed by atoms with Gasteiger partial charge in [0.1, 0.15) is 25.1 Å². The summed E-state index contributed by atoms with van der Waals surface area (Å²) in [7, 11) is 0. The van der Waals surface area contributed by atoms with Crippen molar-refractivity contribution in [3.63, 3.8) is 0 Å². The molecule has 0 radical (unpaired) electrons. The zero-order valence-corrected chi connectivity index (χ0v) is 20.4. The van der Waals surface area contributed by atoms with Crippen LogP contribution < -0.4 is 0 Å². The quantitative estimate of drug-likeness (QED) is 0.339. The first kappa shape index (κ1) is 25.6. The molecular weight excluding hydrogens is 480 g/mol. The molecule has 2 aromatic rings. The number of hydrogen-bond donors (Lipinski definition) is 3. The lowest BCUT2D eigenvalue weighted by atomic mass is 9.60. The molecule has 3 aliphatic rings. The molecule has 0 spiro atoms. The van der Waals surface area contributed by atoms with Gasteiger partial charge in [0.2, 0.25) is 11.8 Å². The van der Waals surface area contributed by atoms with E-state index in [2.05, 4.69) is 5.16 Å². The zero-order valence-electron chi connectivity index (χ0n) is 20.4. The average Bonchev–Trinajstić information content (AvgIpc) is 3.50. The number of aliphatic hydroxyl groups is 3. The summed E-state index contributed by atoms with van der Waals surface area (Å²) >= 11 is 0. The van der Waals surface area contributed by atoms with Crippen LogP contribution in [0.2, 0.25) is 0 Å². The third kappa shape index (κ3) is 5.33. The van der Waals surface area contributed by atoms with E-state index >= 15 is 0 Å². The Hall–Kier alpha value is -3.05. The van der Waals surface area contributed by atoms with Crippen LogP contribution in [-0.2, 0) is 32.3 Å². The molecule has 2 amide bonds. The van der Waals surface area contributed by atoms with Gasteiger partial charge in [0.05, 0.1) is 49.2 Å². The second kappa shape index (κ2) is 11.1. The van der Waals surface area contributed by atoms with Gasteiger partial charge < -0.3 is 29.3 Å². The molecule has 0 bridgehead atoms. The maximum absolute atomic E-state index is 13.4. The summed E-state index contributed by atoms with van der Waals surface area (Å²) in [4.78, 5) is 33.3. The second-order valence-corrected chi connectivity index (χ2v) is 10.0. The summed E-state index contributed by atoms with van der Waals surface area (Å²) in [5, 5.41) is 35.9. The molecule has 1 aliphatic heterocycles. The largest absolute Gasteiger partial charge is 0.467 e. The van der Waals surface area contributed by atoms with E-state index in [1.54, 1.807) is 18.4 Å². The Morgan fingerprint density at radius 3 is 2.57 bits per heavy atom. The Morgan fingerprint density at radius 1 is 1.03 bits per heavy atom. The number of fused-ring (bicyclic) bond motifs is 3. The molecule has 198 valence electrons. The number of furan rings is 1. The molecule has 0 unspecified atom stereocenters. The predicted octanol–water partition coefficient (Wildman–Crippen LogP) is 1.48. The van der Waals surface area contributed by atoms with Crippen molar-refractivity contribution in [2.45, 2.75) is 50.7 Å². The van der Waals surface area contributed by atoms with Crippen molar-refractivity contribution in [2.75, 3.05) is 13.2 Å². The van der Waals surface area contributed by atoms with E-state index in [0.29, 0.717) is 24.3 Å². The van der Waals surface area contributed by atoms with Crippen LogP contribution in [0.25, 0.3) is 0 Å². The van der Waals surface area contributed by atoms with Gasteiger partial charge >= 0.3 is 0 Å². The molecule has 1 aromatic heterocycles. The fourth-order valence-electron chi connectivity index (χ4n) is 5.91. The van der Waals surface area contributed by atoms with E-state index in [1.807, 2.05) is 30.3 Å². The van der Waals surface area contributed by atoms with Crippen LogP contribution in [0.5, 0.6) is 0 Å².